The van der Waals surface area contributed by atoms with E-state index in [1.807, 2.05) is 0 Å². The van der Waals surface area contributed by atoms with Gasteiger partial charge in [-0.15, -0.1) is 11.3 Å². The molecule has 0 amide bonds. The van der Waals surface area contributed by atoms with E-state index >= 15 is 0 Å². The molecule has 0 N–H and O–H groups in total. The molecule has 2 rings (SSSR count). The molecule has 0 saturated carbocycles. The SMILES string of the molecule is COC(=O)[C@H]1CCCN(S(=O)(=O)c2ccc(Cl)s2)C1. The molecule has 1 atom stereocenters. The molecule has 1 saturated heterocycles. The van der Waals surface area contributed by atoms with E-state index < -0.39 is 10.0 Å². The molecular weight excluding hydrogens is 310 g/mol. The second kappa shape index (κ2) is 5.78. The van der Waals surface area contributed by atoms with E-state index in [2.05, 4.69) is 4.74 Å². The summed E-state index contributed by atoms with van der Waals surface area (Å²) in [7, 11) is -2.24. The number of halogens is 1. The lowest BCUT2D eigenvalue weighted by molar-refractivity contribution is -0.146. The molecule has 0 spiro atoms. The van der Waals surface area contributed by atoms with Gasteiger partial charge in [-0.25, -0.2) is 8.42 Å². The van der Waals surface area contributed by atoms with Crippen LogP contribution in [0.3, 0.4) is 0 Å². The van der Waals surface area contributed by atoms with Crippen molar-refractivity contribution in [2.75, 3.05) is 20.2 Å². The number of hydrogen-bond donors (Lipinski definition) is 0. The highest BCUT2D eigenvalue weighted by Crippen LogP contribution is 2.30. The molecule has 0 unspecified atom stereocenters. The maximum absolute atomic E-state index is 12.4. The Morgan fingerprint density at radius 1 is 1.53 bits per heavy atom. The summed E-state index contributed by atoms with van der Waals surface area (Å²) in [5.41, 5.74) is 0. The van der Waals surface area contributed by atoms with E-state index in [9.17, 15) is 13.2 Å². The van der Waals surface area contributed by atoms with E-state index in [0.29, 0.717) is 23.7 Å². The van der Waals surface area contributed by atoms with Crippen LogP contribution in [0.1, 0.15) is 12.8 Å². The molecule has 0 aromatic carbocycles. The standard InChI is InChI=1S/C11H14ClNO4S2/c1-17-11(14)8-3-2-6-13(7-8)19(15,16)10-5-4-9(12)18-10/h4-5,8H,2-3,6-7H2,1H3/t8-/m0/s1. The largest absolute Gasteiger partial charge is 0.469 e. The molecule has 2 heterocycles. The van der Waals surface area contributed by atoms with Gasteiger partial charge in [0.15, 0.2) is 0 Å². The van der Waals surface area contributed by atoms with Crippen LogP contribution in [0.15, 0.2) is 16.3 Å². The Balaban J connectivity index is 2.19. The first-order valence-electron chi connectivity index (χ1n) is 5.78. The van der Waals surface area contributed by atoms with Crippen molar-refractivity contribution in [2.45, 2.75) is 17.1 Å². The van der Waals surface area contributed by atoms with Crippen molar-refractivity contribution in [3.05, 3.63) is 16.5 Å². The van der Waals surface area contributed by atoms with Crippen LogP contribution in [0.4, 0.5) is 0 Å². The van der Waals surface area contributed by atoms with Crippen LogP contribution in [0, 0.1) is 5.92 Å². The van der Waals surface area contributed by atoms with E-state index in [4.69, 9.17) is 11.6 Å². The van der Waals surface area contributed by atoms with Crippen molar-refractivity contribution < 1.29 is 17.9 Å². The van der Waals surface area contributed by atoms with Gasteiger partial charge >= 0.3 is 5.97 Å². The summed E-state index contributed by atoms with van der Waals surface area (Å²) in [5, 5.41) is 0. The van der Waals surface area contributed by atoms with E-state index in [-0.39, 0.29) is 22.6 Å². The van der Waals surface area contributed by atoms with Crippen molar-refractivity contribution >= 4 is 38.9 Å². The van der Waals surface area contributed by atoms with E-state index in [1.165, 1.54) is 17.5 Å². The van der Waals surface area contributed by atoms with Gasteiger partial charge in [0.2, 0.25) is 0 Å². The minimum absolute atomic E-state index is 0.171. The maximum Gasteiger partial charge on any atom is 0.309 e. The van der Waals surface area contributed by atoms with Gasteiger partial charge in [-0.1, -0.05) is 11.6 Å². The highest BCUT2D eigenvalue weighted by atomic mass is 35.5. The third-order valence-corrected chi connectivity index (χ3v) is 6.63. The fourth-order valence-corrected chi connectivity index (χ4v) is 5.24. The Morgan fingerprint density at radius 3 is 2.84 bits per heavy atom. The average molecular weight is 324 g/mol. The lowest BCUT2D eigenvalue weighted by atomic mass is 10.0. The number of thiophene rings is 1. The average Bonchev–Trinajstić information content (AvgIpc) is 2.85. The Labute approximate surface area is 121 Å². The van der Waals surface area contributed by atoms with Crippen LogP contribution < -0.4 is 0 Å². The van der Waals surface area contributed by atoms with Crippen molar-refractivity contribution in [2.24, 2.45) is 5.92 Å². The zero-order valence-corrected chi connectivity index (χ0v) is 12.7. The van der Waals surface area contributed by atoms with Gasteiger partial charge in [0, 0.05) is 13.1 Å². The molecule has 8 heteroatoms. The summed E-state index contributed by atoms with van der Waals surface area (Å²) in [6.07, 6.45) is 1.31. The molecule has 106 valence electrons. The number of ether oxygens (including phenoxy) is 1. The van der Waals surface area contributed by atoms with Crippen LogP contribution >= 0.6 is 22.9 Å². The molecule has 1 aromatic heterocycles. The minimum Gasteiger partial charge on any atom is -0.469 e. The predicted molar refractivity (Wildman–Crippen MR) is 72.8 cm³/mol. The van der Waals surface area contributed by atoms with Crippen molar-refractivity contribution in [3.63, 3.8) is 0 Å². The molecule has 5 nitrogen and oxygen atoms in total. The molecule has 0 radical (unpaired) electrons. The number of rotatable bonds is 3. The Bertz CT molecular complexity index is 569. The number of nitrogens with zero attached hydrogens (tertiary/aromatic N) is 1. The normalized spacial score (nSPS) is 21.3. The number of esters is 1. The van der Waals surface area contributed by atoms with Crippen molar-refractivity contribution in [3.8, 4) is 0 Å². The summed E-state index contributed by atoms with van der Waals surface area (Å²) < 4.78 is 31.4. The zero-order valence-electron chi connectivity index (χ0n) is 10.3. The summed E-state index contributed by atoms with van der Waals surface area (Å²) in [6.45, 7) is 0.593. The molecule has 1 aliphatic rings. The quantitative estimate of drug-likeness (QED) is 0.798. The first kappa shape index (κ1) is 14.8. The Hall–Kier alpha value is -0.630. The molecule has 0 aliphatic carbocycles. The van der Waals surface area contributed by atoms with Gasteiger partial charge in [-0.05, 0) is 25.0 Å². The molecule has 19 heavy (non-hydrogen) atoms. The van der Waals surface area contributed by atoms with Gasteiger partial charge in [0.05, 0.1) is 17.4 Å². The molecule has 1 aliphatic heterocycles. The fraction of sp³-hybridized carbons (Fsp3) is 0.545. The van der Waals surface area contributed by atoms with Crippen LogP contribution in [0.2, 0.25) is 4.34 Å². The maximum atomic E-state index is 12.4. The van der Waals surface area contributed by atoms with Crippen molar-refractivity contribution in [1.82, 2.24) is 4.31 Å². The summed E-state index contributed by atoms with van der Waals surface area (Å²) in [5.74, 6) is -0.743. The zero-order chi connectivity index (χ0) is 14.0. The summed E-state index contributed by atoms with van der Waals surface area (Å²) >= 11 is 6.79. The smallest absolute Gasteiger partial charge is 0.309 e. The van der Waals surface area contributed by atoms with Gasteiger partial charge in [0.1, 0.15) is 4.21 Å². The van der Waals surface area contributed by atoms with Crippen molar-refractivity contribution in [1.29, 1.82) is 0 Å². The number of methoxy groups -OCH3 is 1. The molecule has 1 aromatic rings. The van der Waals surface area contributed by atoms with Gasteiger partial charge < -0.3 is 4.74 Å². The highest BCUT2D eigenvalue weighted by molar-refractivity contribution is 7.91. The Morgan fingerprint density at radius 2 is 2.26 bits per heavy atom. The first-order chi connectivity index (χ1) is 8.95. The lowest BCUT2D eigenvalue weighted by Gasteiger charge is -2.29. The number of hydrogen-bond acceptors (Lipinski definition) is 5. The first-order valence-corrected chi connectivity index (χ1v) is 8.42. The van der Waals surface area contributed by atoms with Crippen LogP contribution in [-0.2, 0) is 19.6 Å². The monoisotopic (exact) mass is 323 g/mol. The summed E-state index contributed by atoms with van der Waals surface area (Å²) in [6, 6.07) is 3.05. The van der Waals surface area contributed by atoms with E-state index in [1.54, 1.807) is 6.07 Å². The molecular formula is C11H14ClNO4S2. The highest BCUT2D eigenvalue weighted by Gasteiger charge is 2.34. The number of sulfonamides is 1. The van der Waals surface area contributed by atoms with E-state index in [0.717, 1.165) is 11.3 Å². The lowest BCUT2D eigenvalue weighted by Crippen LogP contribution is -2.42. The minimum atomic E-state index is -3.56. The second-order valence-corrected chi connectivity index (χ2v) is 8.16. The number of carbonyl (C=O) groups excluding carboxylic acids is 1. The fourth-order valence-electron chi connectivity index (χ4n) is 2.08. The van der Waals surface area contributed by atoms with Crippen LogP contribution in [0.5, 0.6) is 0 Å². The second-order valence-electron chi connectivity index (χ2n) is 4.28. The summed E-state index contributed by atoms with van der Waals surface area (Å²) in [4.78, 5) is 11.5. The third-order valence-electron chi connectivity index (χ3n) is 3.06. The van der Waals surface area contributed by atoms with Crippen LogP contribution in [-0.4, -0.2) is 38.9 Å². The number of carbonyl (C=O) groups is 1. The van der Waals surface area contributed by atoms with Gasteiger partial charge in [-0.2, -0.15) is 4.31 Å². The van der Waals surface area contributed by atoms with Gasteiger partial charge in [0.25, 0.3) is 10.0 Å². The topological polar surface area (TPSA) is 63.7 Å². The third kappa shape index (κ3) is 3.10. The Kier molecular flexibility index (Phi) is 4.50. The molecule has 1 fully saturated rings. The molecule has 0 bridgehead atoms. The number of piperidine rings is 1. The predicted octanol–water partition coefficient (Wildman–Crippen LogP) is 1.98. The van der Waals surface area contributed by atoms with Crippen LogP contribution in [0.25, 0.3) is 0 Å². The van der Waals surface area contributed by atoms with Gasteiger partial charge in [-0.3, -0.25) is 4.79 Å².